The van der Waals surface area contributed by atoms with E-state index in [0.717, 1.165) is 19.3 Å². The second-order valence-electron chi connectivity index (χ2n) is 7.87. The molecule has 1 saturated carbocycles. The van der Waals surface area contributed by atoms with Crippen LogP contribution in [0.15, 0.2) is 0 Å². The Morgan fingerprint density at radius 3 is 2.50 bits per heavy atom. The van der Waals surface area contributed by atoms with E-state index in [9.17, 15) is 14.9 Å². The average Bonchev–Trinajstić information content (AvgIpc) is 2.72. The molecule has 1 aliphatic carbocycles. The maximum atomic E-state index is 12.5. The molecule has 1 aromatic rings. The maximum Gasteiger partial charge on any atom is 0.312 e. The van der Waals surface area contributed by atoms with Gasteiger partial charge in [0.25, 0.3) is 0 Å². The Hall–Kier alpha value is -1.92. The number of hydrogen-bond acceptors (Lipinski definition) is 4. The molecule has 2 rings (SSSR count). The zero-order valence-corrected chi connectivity index (χ0v) is 15.3. The van der Waals surface area contributed by atoms with Gasteiger partial charge in [-0.3, -0.25) is 19.6 Å². The van der Waals surface area contributed by atoms with Gasteiger partial charge in [-0.2, -0.15) is 5.10 Å². The number of hydrogen-bond donors (Lipinski definition) is 1. The van der Waals surface area contributed by atoms with Gasteiger partial charge in [0.2, 0.25) is 5.91 Å². The predicted molar refractivity (Wildman–Crippen MR) is 91.7 cm³/mol. The van der Waals surface area contributed by atoms with Crippen molar-refractivity contribution in [3.8, 4) is 0 Å². The molecule has 134 valence electrons. The van der Waals surface area contributed by atoms with Crippen molar-refractivity contribution in [1.29, 1.82) is 0 Å². The summed E-state index contributed by atoms with van der Waals surface area (Å²) >= 11 is 0. The zero-order chi connectivity index (χ0) is 18.1. The van der Waals surface area contributed by atoms with E-state index in [-0.39, 0.29) is 29.6 Å². The molecule has 24 heavy (non-hydrogen) atoms. The molecular formula is C17H28N4O3. The highest BCUT2D eigenvalue weighted by Crippen LogP contribution is 2.38. The summed E-state index contributed by atoms with van der Waals surface area (Å²) in [4.78, 5) is 23.1. The highest BCUT2D eigenvalue weighted by Gasteiger charge is 2.35. The standard InChI is InChI=1S/C17H28N4O3/c1-11-16(21(23)24)12(2)20(19-11)10-15(22)18-14-9-7-6-8-13(14)17(3,4)5/h13-14H,6-10H2,1-5H3,(H,18,22). The Morgan fingerprint density at radius 2 is 1.96 bits per heavy atom. The van der Waals surface area contributed by atoms with Crippen LogP contribution in [0.5, 0.6) is 0 Å². The number of aryl methyl sites for hydroxylation is 1. The van der Waals surface area contributed by atoms with Gasteiger partial charge in [0.1, 0.15) is 17.9 Å². The second kappa shape index (κ2) is 6.91. The largest absolute Gasteiger partial charge is 0.351 e. The van der Waals surface area contributed by atoms with E-state index < -0.39 is 4.92 Å². The van der Waals surface area contributed by atoms with Crippen LogP contribution in [0.2, 0.25) is 0 Å². The number of rotatable bonds is 4. The van der Waals surface area contributed by atoms with E-state index in [2.05, 4.69) is 31.2 Å². The lowest BCUT2D eigenvalue weighted by atomic mass is 9.69. The van der Waals surface area contributed by atoms with E-state index in [0.29, 0.717) is 17.3 Å². The Bertz CT molecular complexity index is 631. The molecule has 0 bridgehead atoms. The molecule has 0 aliphatic heterocycles. The van der Waals surface area contributed by atoms with Crippen LogP contribution in [-0.2, 0) is 11.3 Å². The quantitative estimate of drug-likeness (QED) is 0.675. The summed E-state index contributed by atoms with van der Waals surface area (Å²) < 4.78 is 1.43. The van der Waals surface area contributed by atoms with E-state index in [4.69, 9.17) is 0 Å². The summed E-state index contributed by atoms with van der Waals surface area (Å²) in [7, 11) is 0. The summed E-state index contributed by atoms with van der Waals surface area (Å²) in [5.74, 6) is 0.321. The molecular weight excluding hydrogens is 308 g/mol. The molecule has 1 fully saturated rings. The molecule has 1 aliphatic rings. The minimum Gasteiger partial charge on any atom is -0.351 e. The SMILES string of the molecule is Cc1nn(CC(=O)NC2CCCCC2C(C)(C)C)c(C)c1[N+](=O)[O-]. The highest BCUT2D eigenvalue weighted by molar-refractivity contribution is 5.76. The van der Waals surface area contributed by atoms with Crippen molar-refractivity contribution in [3.05, 3.63) is 21.5 Å². The first kappa shape index (κ1) is 18.4. The minimum atomic E-state index is -0.442. The van der Waals surface area contributed by atoms with Gasteiger partial charge in [0.05, 0.1) is 4.92 Å². The van der Waals surface area contributed by atoms with Crippen LogP contribution in [0.3, 0.4) is 0 Å². The van der Waals surface area contributed by atoms with Gasteiger partial charge in [-0.1, -0.05) is 33.6 Å². The normalized spacial score (nSPS) is 21.5. The third-order valence-corrected chi connectivity index (χ3v) is 5.04. The van der Waals surface area contributed by atoms with Crippen LogP contribution >= 0.6 is 0 Å². The van der Waals surface area contributed by atoms with Gasteiger partial charge >= 0.3 is 5.69 Å². The molecule has 2 atom stereocenters. The fourth-order valence-corrected chi connectivity index (χ4v) is 3.83. The predicted octanol–water partition coefficient (Wildman–Crippen LogP) is 3.13. The minimum absolute atomic E-state index is 0.00645. The molecule has 0 spiro atoms. The van der Waals surface area contributed by atoms with Crippen LogP contribution in [0.1, 0.15) is 57.8 Å². The van der Waals surface area contributed by atoms with Gasteiger partial charge in [0, 0.05) is 6.04 Å². The van der Waals surface area contributed by atoms with E-state index in [1.165, 1.54) is 11.1 Å². The van der Waals surface area contributed by atoms with Crippen LogP contribution in [-0.4, -0.2) is 26.7 Å². The average molecular weight is 336 g/mol. The van der Waals surface area contributed by atoms with Crippen molar-refractivity contribution in [3.63, 3.8) is 0 Å². The van der Waals surface area contributed by atoms with Crippen molar-refractivity contribution in [2.24, 2.45) is 11.3 Å². The Morgan fingerprint density at radius 1 is 1.33 bits per heavy atom. The molecule has 1 amide bonds. The number of nitrogens with zero attached hydrogens (tertiary/aromatic N) is 3. The van der Waals surface area contributed by atoms with Gasteiger partial charge in [-0.05, 0) is 38.0 Å². The van der Waals surface area contributed by atoms with Gasteiger partial charge in [-0.25, -0.2) is 0 Å². The molecule has 0 aromatic carbocycles. The number of carbonyl (C=O) groups excluding carboxylic acids is 1. The third-order valence-electron chi connectivity index (χ3n) is 5.04. The topological polar surface area (TPSA) is 90.1 Å². The number of nitrogens with one attached hydrogen (secondary N) is 1. The van der Waals surface area contributed by atoms with Gasteiger partial charge in [-0.15, -0.1) is 0 Å². The maximum absolute atomic E-state index is 12.5. The fourth-order valence-electron chi connectivity index (χ4n) is 3.83. The summed E-state index contributed by atoms with van der Waals surface area (Å²) in [6.07, 6.45) is 4.45. The lowest BCUT2D eigenvalue weighted by Crippen LogP contribution is -2.47. The number of amides is 1. The first-order chi connectivity index (χ1) is 11.1. The Balaban J connectivity index is 2.08. The van der Waals surface area contributed by atoms with E-state index in [1.54, 1.807) is 13.8 Å². The first-order valence-corrected chi connectivity index (χ1v) is 8.59. The summed E-state index contributed by atoms with van der Waals surface area (Å²) in [6, 6.07) is 0.165. The number of carbonyl (C=O) groups is 1. The lowest BCUT2D eigenvalue weighted by molar-refractivity contribution is -0.386. The van der Waals surface area contributed by atoms with Crippen molar-refractivity contribution >= 4 is 11.6 Å². The monoisotopic (exact) mass is 336 g/mol. The summed E-state index contributed by atoms with van der Waals surface area (Å²) in [6.45, 7) is 9.89. The van der Waals surface area contributed by atoms with E-state index >= 15 is 0 Å². The third kappa shape index (κ3) is 3.94. The highest BCUT2D eigenvalue weighted by atomic mass is 16.6. The van der Waals surface area contributed by atoms with Crippen molar-refractivity contribution in [2.75, 3.05) is 0 Å². The molecule has 0 saturated heterocycles. The lowest BCUT2D eigenvalue weighted by Gasteiger charge is -2.40. The molecule has 7 nitrogen and oxygen atoms in total. The van der Waals surface area contributed by atoms with Crippen LogP contribution in [0.25, 0.3) is 0 Å². The zero-order valence-electron chi connectivity index (χ0n) is 15.3. The van der Waals surface area contributed by atoms with Gasteiger partial charge < -0.3 is 5.32 Å². The first-order valence-electron chi connectivity index (χ1n) is 8.59. The van der Waals surface area contributed by atoms with Crippen LogP contribution in [0, 0.1) is 35.3 Å². The summed E-state index contributed by atoms with van der Waals surface area (Å²) in [5.41, 5.74) is 0.905. The van der Waals surface area contributed by atoms with Crippen molar-refractivity contribution in [1.82, 2.24) is 15.1 Å². The number of aromatic nitrogens is 2. The second-order valence-corrected chi connectivity index (χ2v) is 7.87. The Kier molecular flexibility index (Phi) is 5.30. The van der Waals surface area contributed by atoms with Gasteiger partial charge in [0.15, 0.2) is 0 Å². The Labute approximate surface area is 143 Å². The van der Waals surface area contributed by atoms with E-state index in [1.807, 2.05) is 0 Å². The molecule has 1 aromatic heterocycles. The molecule has 1 heterocycles. The smallest absolute Gasteiger partial charge is 0.312 e. The summed E-state index contributed by atoms with van der Waals surface area (Å²) in [5, 5.41) is 18.3. The fraction of sp³-hybridized carbons (Fsp3) is 0.765. The van der Waals surface area contributed by atoms with Crippen molar-refractivity contribution < 1.29 is 9.72 Å². The van der Waals surface area contributed by atoms with Crippen molar-refractivity contribution in [2.45, 2.75) is 72.9 Å². The van der Waals surface area contributed by atoms with Crippen LogP contribution in [0.4, 0.5) is 5.69 Å². The number of nitro groups is 1. The molecule has 2 unspecified atom stereocenters. The van der Waals surface area contributed by atoms with Crippen LogP contribution < -0.4 is 5.32 Å². The molecule has 0 radical (unpaired) electrons. The molecule has 1 N–H and O–H groups in total. The molecule has 7 heteroatoms.